The molecule has 1 unspecified atom stereocenters. The van der Waals surface area contributed by atoms with E-state index in [9.17, 15) is 9.59 Å². The minimum Gasteiger partial charge on any atom is -0.476 e. The molecule has 19 heavy (non-hydrogen) atoms. The number of carboxylic acids is 1. The third-order valence-electron chi connectivity index (χ3n) is 3.27. The van der Waals surface area contributed by atoms with Gasteiger partial charge < -0.3 is 10.4 Å². The summed E-state index contributed by atoms with van der Waals surface area (Å²) in [6.07, 6.45) is 1.42. The van der Waals surface area contributed by atoms with Crippen molar-refractivity contribution in [3.05, 3.63) is 11.9 Å². The van der Waals surface area contributed by atoms with E-state index >= 15 is 0 Å². The van der Waals surface area contributed by atoms with E-state index in [1.54, 1.807) is 4.68 Å². The molecular formula is C11H17N5O3. The molecule has 1 fully saturated rings. The van der Waals surface area contributed by atoms with Gasteiger partial charge in [-0.2, -0.15) is 0 Å². The molecule has 1 atom stereocenters. The van der Waals surface area contributed by atoms with Crippen molar-refractivity contribution in [1.82, 2.24) is 25.2 Å². The van der Waals surface area contributed by atoms with E-state index in [0.717, 1.165) is 0 Å². The maximum atomic E-state index is 11.6. The van der Waals surface area contributed by atoms with Gasteiger partial charge in [0.15, 0.2) is 5.69 Å². The van der Waals surface area contributed by atoms with Gasteiger partial charge in [-0.1, -0.05) is 5.21 Å². The highest BCUT2D eigenvalue weighted by atomic mass is 16.4. The SMILES string of the molecule is CCNC(=O)C(C)N1CC(n2cc(C(=O)O)nn2)C1. The summed E-state index contributed by atoms with van der Waals surface area (Å²) in [5.74, 6) is -1.08. The second-order valence-electron chi connectivity index (χ2n) is 4.57. The van der Waals surface area contributed by atoms with Crippen LogP contribution < -0.4 is 5.32 Å². The molecule has 2 N–H and O–H groups in total. The number of likely N-dealkylation sites (tertiary alicyclic amines) is 1. The average molecular weight is 267 g/mol. The molecule has 0 saturated carbocycles. The number of aromatic nitrogens is 3. The number of carboxylic acid groups (broad SMARTS) is 1. The Morgan fingerprint density at radius 3 is 2.79 bits per heavy atom. The molecule has 1 aliphatic rings. The number of hydrogen-bond donors (Lipinski definition) is 2. The van der Waals surface area contributed by atoms with Crippen molar-refractivity contribution >= 4 is 11.9 Å². The fourth-order valence-corrected chi connectivity index (χ4v) is 2.01. The van der Waals surface area contributed by atoms with Crippen LogP contribution >= 0.6 is 0 Å². The van der Waals surface area contributed by atoms with Gasteiger partial charge in [0.05, 0.1) is 18.3 Å². The summed E-state index contributed by atoms with van der Waals surface area (Å²) in [6, 6.07) is -0.101. The molecule has 8 heteroatoms. The van der Waals surface area contributed by atoms with Gasteiger partial charge in [-0.25, -0.2) is 9.48 Å². The van der Waals surface area contributed by atoms with Gasteiger partial charge in [-0.15, -0.1) is 5.10 Å². The largest absolute Gasteiger partial charge is 0.476 e. The molecule has 2 rings (SSSR count). The van der Waals surface area contributed by atoms with E-state index < -0.39 is 5.97 Å². The lowest BCUT2D eigenvalue weighted by Crippen LogP contribution is -2.56. The normalized spacial score (nSPS) is 17.8. The van der Waals surface area contributed by atoms with Gasteiger partial charge in [0.2, 0.25) is 5.91 Å². The zero-order chi connectivity index (χ0) is 14.0. The quantitative estimate of drug-likeness (QED) is 0.736. The maximum absolute atomic E-state index is 11.6. The highest BCUT2D eigenvalue weighted by molar-refractivity contribution is 5.84. The molecule has 2 heterocycles. The van der Waals surface area contributed by atoms with E-state index in [4.69, 9.17) is 5.11 Å². The number of rotatable bonds is 5. The van der Waals surface area contributed by atoms with Crippen molar-refractivity contribution in [1.29, 1.82) is 0 Å². The topological polar surface area (TPSA) is 100 Å². The van der Waals surface area contributed by atoms with E-state index in [1.165, 1.54) is 6.20 Å². The molecule has 1 aromatic heterocycles. The van der Waals surface area contributed by atoms with Crippen molar-refractivity contribution in [2.24, 2.45) is 0 Å². The zero-order valence-electron chi connectivity index (χ0n) is 10.9. The number of carbonyl (C=O) groups excluding carboxylic acids is 1. The molecule has 104 valence electrons. The summed E-state index contributed by atoms with van der Waals surface area (Å²) in [7, 11) is 0. The van der Waals surface area contributed by atoms with Crippen molar-refractivity contribution in [2.45, 2.75) is 25.9 Å². The first-order valence-corrected chi connectivity index (χ1v) is 6.19. The molecule has 8 nitrogen and oxygen atoms in total. The van der Waals surface area contributed by atoms with E-state index in [0.29, 0.717) is 19.6 Å². The molecule has 1 amide bonds. The van der Waals surface area contributed by atoms with Gasteiger partial charge in [0.25, 0.3) is 0 Å². The third kappa shape index (κ3) is 2.73. The van der Waals surface area contributed by atoms with Crippen LogP contribution in [0.1, 0.15) is 30.4 Å². The van der Waals surface area contributed by atoms with Crippen molar-refractivity contribution in [3.8, 4) is 0 Å². The first-order valence-electron chi connectivity index (χ1n) is 6.19. The van der Waals surface area contributed by atoms with Crippen LogP contribution in [-0.4, -0.2) is 62.6 Å². The highest BCUT2D eigenvalue weighted by Crippen LogP contribution is 2.22. The van der Waals surface area contributed by atoms with Crippen LogP contribution in [0.15, 0.2) is 6.20 Å². The summed E-state index contributed by atoms with van der Waals surface area (Å²) in [4.78, 5) is 24.4. The lowest BCUT2D eigenvalue weighted by atomic mass is 10.1. The number of carbonyl (C=O) groups is 2. The van der Waals surface area contributed by atoms with Crippen molar-refractivity contribution in [2.75, 3.05) is 19.6 Å². The number of hydrogen-bond acceptors (Lipinski definition) is 5. The maximum Gasteiger partial charge on any atom is 0.358 e. The van der Waals surface area contributed by atoms with Gasteiger partial charge in [0.1, 0.15) is 0 Å². The number of nitrogens with one attached hydrogen (secondary N) is 1. The minimum absolute atomic E-state index is 0.00534. The summed E-state index contributed by atoms with van der Waals surface area (Å²) < 4.78 is 1.55. The first-order chi connectivity index (χ1) is 9.02. The Balaban J connectivity index is 1.88. The molecular weight excluding hydrogens is 250 g/mol. The van der Waals surface area contributed by atoms with Crippen LogP contribution in [0.25, 0.3) is 0 Å². The van der Waals surface area contributed by atoms with Gasteiger partial charge >= 0.3 is 5.97 Å². The minimum atomic E-state index is -1.09. The van der Waals surface area contributed by atoms with Gasteiger partial charge in [-0.05, 0) is 13.8 Å². The second-order valence-corrected chi connectivity index (χ2v) is 4.57. The summed E-state index contributed by atoms with van der Waals surface area (Å²) in [6.45, 7) is 5.69. The fourth-order valence-electron chi connectivity index (χ4n) is 2.01. The third-order valence-corrected chi connectivity index (χ3v) is 3.27. The standard InChI is InChI=1S/C11H17N5O3/c1-3-12-10(17)7(2)15-4-8(5-15)16-6-9(11(18)19)13-14-16/h6-8H,3-5H2,1-2H3,(H,12,17)(H,18,19). The molecule has 1 saturated heterocycles. The zero-order valence-corrected chi connectivity index (χ0v) is 10.9. The smallest absolute Gasteiger partial charge is 0.358 e. The predicted octanol–water partition coefficient (Wildman–Crippen LogP) is -0.642. The van der Waals surface area contributed by atoms with Crippen molar-refractivity contribution in [3.63, 3.8) is 0 Å². The number of nitrogens with zero attached hydrogens (tertiary/aromatic N) is 4. The second kappa shape index (κ2) is 5.35. The highest BCUT2D eigenvalue weighted by Gasteiger charge is 2.35. The van der Waals surface area contributed by atoms with Crippen LogP contribution in [0.2, 0.25) is 0 Å². The Hall–Kier alpha value is -1.96. The lowest BCUT2D eigenvalue weighted by molar-refractivity contribution is -0.128. The van der Waals surface area contributed by atoms with Crippen LogP contribution in [-0.2, 0) is 4.79 Å². The molecule has 0 aliphatic carbocycles. The first kappa shape index (κ1) is 13.5. The molecule has 0 radical (unpaired) electrons. The van der Waals surface area contributed by atoms with E-state index in [2.05, 4.69) is 15.6 Å². The molecule has 0 bridgehead atoms. The number of amides is 1. The molecule has 0 aromatic carbocycles. The summed E-state index contributed by atoms with van der Waals surface area (Å²) >= 11 is 0. The predicted molar refractivity (Wildman–Crippen MR) is 65.7 cm³/mol. The Kier molecular flexibility index (Phi) is 3.79. The summed E-state index contributed by atoms with van der Waals surface area (Å²) in [5.41, 5.74) is -0.0600. The van der Waals surface area contributed by atoms with Gasteiger partial charge in [0, 0.05) is 19.6 Å². The van der Waals surface area contributed by atoms with E-state index in [-0.39, 0.29) is 23.7 Å². The Labute approximate surface area is 110 Å². The Morgan fingerprint density at radius 1 is 1.58 bits per heavy atom. The fraction of sp³-hybridized carbons (Fsp3) is 0.636. The number of likely N-dealkylation sites (N-methyl/N-ethyl adjacent to an activating group) is 1. The molecule has 1 aromatic rings. The Bertz CT molecular complexity index is 480. The van der Waals surface area contributed by atoms with Crippen LogP contribution in [0.5, 0.6) is 0 Å². The van der Waals surface area contributed by atoms with Crippen LogP contribution in [0, 0.1) is 0 Å². The number of aromatic carboxylic acids is 1. The molecule has 1 aliphatic heterocycles. The summed E-state index contributed by atoms with van der Waals surface area (Å²) in [5, 5.41) is 18.9. The van der Waals surface area contributed by atoms with E-state index in [1.807, 2.05) is 18.7 Å². The Morgan fingerprint density at radius 2 is 2.26 bits per heavy atom. The lowest BCUT2D eigenvalue weighted by Gasteiger charge is -2.41. The van der Waals surface area contributed by atoms with Gasteiger partial charge in [-0.3, -0.25) is 9.69 Å². The molecule has 0 spiro atoms. The average Bonchev–Trinajstić information content (AvgIpc) is 2.76. The van der Waals surface area contributed by atoms with Crippen molar-refractivity contribution < 1.29 is 14.7 Å². The monoisotopic (exact) mass is 267 g/mol. The van der Waals surface area contributed by atoms with Crippen LogP contribution in [0.4, 0.5) is 0 Å². The van der Waals surface area contributed by atoms with Crippen LogP contribution in [0.3, 0.4) is 0 Å².